The fourth-order valence-electron chi connectivity index (χ4n) is 2.61. The lowest BCUT2D eigenvalue weighted by molar-refractivity contribution is -0.113. The molecule has 0 N–H and O–H groups in total. The van der Waals surface area contributed by atoms with Crippen LogP contribution in [0.25, 0.3) is 6.08 Å². The van der Waals surface area contributed by atoms with Crippen molar-refractivity contribution in [3.63, 3.8) is 0 Å². The third-order valence-electron chi connectivity index (χ3n) is 4.16. The van der Waals surface area contributed by atoms with Gasteiger partial charge >= 0.3 is 0 Å². The van der Waals surface area contributed by atoms with Crippen molar-refractivity contribution < 1.29 is 4.79 Å². The van der Waals surface area contributed by atoms with Crippen molar-refractivity contribution in [2.45, 2.75) is 33.1 Å². The summed E-state index contributed by atoms with van der Waals surface area (Å²) in [5, 5.41) is 0. The van der Waals surface area contributed by atoms with Crippen LogP contribution in [-0.4, -0.2) is 10.2 Å². The first-order valence-corrected chi connectivity index (χ1v) is 9.43. The number of benzene rings is 2. The van der Waals surface area contributed by atoms with E-state index in [0.29, 0.717) is 9.23 Å². The second kappa shape index (κ2) is 6.77. The van der Waals surface area contributed by atoms with E-state index < -0.39 is 0 Å². The first kappa shape index (κ1) is 17.9. The molecule has 1 heterocycles. The van der Waals surface area contributed by atoms with Gasteiger partial charge in [0.2, 0.25) is 0 Å². The molecule has 2 nitrogen and oxygen atoms in total. The third kappa shape index (κ3) is 3.86. The van der Waals surface area contributed by atoms with E-state index in [4.69, 9.17) is 12.2 Å². The zero-order chi connectivity index (χ0) is 18.2. The van der Waals surface area contributed by atoms with Crippen LogP contribution >= 0.6 is 24.0 Å². The number of anilines is 1. The van der Waals surface area contributed by atoms with Gasteiger partial charge in [0.1, 0.15) is 0 Å². The maximum absolute atomic E-state index is 12.8. The average molecular weight is 368 g/mol. The van der Waals surface area contributed by atoms with Crippen molar-refractivity contribution >= 4 is 46.0 Å². The molecule has 0 aliphatic carbocycles. The molecule has 0 unspecified atom stereocenters. The van der Waals surface area contributed by atoms with Crippen LogP contribution in [0.2, 0.25) is 0 Å². The van der Waals surface area contributed by atoms with Crippen LogP contribution in [0.15, 0.2) is 53.4 Å². The largest absolute Gasteiger partial charge is 0.270 e. The molecule has 0 atom stereocenters. The monoisotopic (exact) mass is 367 g/mol. The highest BCUT2D eigenvalue weighted by molar-refractivity contribution is 8.27. The van der Waals surface area contributed by atoms with Crippen LogP contribution in [-0.2, 0) is 10.2 Å². The topological polar surface area (TPSA) is 20.3 Å². The van der Waals surface area contributed by atoms with Gasteiger partial charge in [-0.25, -0.2) is 0 Å². The number of thiocarbonyl (C=S) groups is 1. The maximum atomic E-state index is 12.8. The lowest BCUT2D eigenvalue weighted by Gasteiger charge is -2.18. The highest BCUT2D eigenvalue weighted by atomic mass is 32.2. The standard InChI is InChI=1S/C21H21NOS2/c1-14-5-11-17(12-6-14)22-19(23)18(25-20(22)24)13-15-7-9-16(10-8-15)21(2,3)4/h5-13H,1-4H3/b18-13-. The van der Waals surface area contributed by atoms with Gasteiger partial charge in [0.05, 0.1) is 10.6 Å². The SMILES string of the molecule is Cc1ccc(N2C(=O)/C(=C/c3ccc(C(C)(C)C)cc3)SC2=S)cc1. The van der Waals surface area contributed by atoms with Crippen LogP contribution in [0, 0.1) is 6.92 Å². The Hall–Kier alpha value is -1.91. The lowest BCUT2D eigenvalue weighted by Crippen LogP contribution is -2.27. The maximum Gasteiger partial charge on any atom is 0.270 e. The van der Waals surface area contributed by atoms with Crippen molar-refractivity contribution in [2.75, 3.05) is 4.90 Å². The van der Waals surface area contributed by atoms with Crippen LogP contribution in [0.4, 0.5) is 5.69 Å². The molecule has 4 heteroatoms. The average Bonchev–Trinajstić information content (AvgIpc) is 2.82. The predicted octanol–water partition coefficient (Wildman–Crippen LogP) is 5.70. The molecule has 1 aliphatic heterocycles. The Labute approximate surface area is 158 Å². The first-order valence-electron chi connectivity index (χ1n) is 8.21. The molecule has 25 heavy (non-hydrogen) atoms. The van der Waals surface area contributed by atoms with E-state index in [0.717, 1.165) is 16.8 Å². The van der Waals surface area contributed by atoms with Crippen LogP contribution in [0.3, 0.4) is 0 Å². The van der Waals surface area contributed by atoms with Crippen molar-refractivity contribution in [2.24, 2.45) is 0 Å². The molecule has 0 radical (unpaired) electrons. The Kier molecular flexibility index (Phi) is 4.85. The van der Waals surface area contributed by atoms with Gasteiger partial charge in [-0.15, -0.1) is 0 Å². The quantitative estimate of drug-likeness (QED) is 0.502. The number of amides is 1. The number of carbonyl (C=O) groups is 1. The van der Waals surface area contributed by atoms with Crippen LogP contribution in [0.5, 0.6) is 0 Å². The summed E-state index contributed by atoms with van der Waals surface area (Å²) < 4.78 is 0.575. The van der Waals surface area contributed by atoms with Crippen molar-refractivity contribution in [1.29, 1.82) is 0 Å². The minimum absolute atomic E-state index is 0.0567. The molecule has 2 aromatic carbocycles. The second-order valence-electron chi connectivity index (χ2n) is 7.22. The molecule has 3 rings (SSSR count). The lowest BCUT2D eigenvalue weighted by atomic mass is 9.87. The molecule has 1 fully saturated rings. The minimum Gasteiger partial charge on any atom is -0.268 e. The second-order valence-corrected chi connectivity index (χ2v) is 8.90. The number of nitrogens with zero attached hydrogens (tertiary/aromatic N) is 1. The summed E-state index contributed by atoms with van der Waals surface area (Å²) in [6, 6.07) is 16.2. The van der Waals surface area contributed by atoms with E-state index >= 15 is 0 Å². The van der Waals surface area contributed by atoms with Gasteiger partial charge in [-0.3, -0.25) is 9.69 Å². The van der Waals surface area contributed by atoms with E-state index in [1.54, 1.807) is 4.90 Å². The number of thioether (sulfide) groups is 1. The molecular formula is C21H21NOS2. The van der Waals surface area contributed by atoms with Gasteiger partial charge in [0.25, 0.3) is 5.91 Å². The Morgan fingerprint density at radius 3 is 2.16 bits per heavy atom. The summed E-state index contributed by atoms with van der Waals surface area (Å²) in [6.07, 6.45) is 1.92. The highest BCUT2D eigenvalue weighted by Gasteiger charge is 2.33. The van der Waals surface area contributed by atoms with E-state index in [9.17, 15) is 4.79 Å². The molecule has 128 valence electrons. The molecule has 0 spiro atoms. The molecule has 0 bridgehead atoms. The first-order chi connectivity index (χ1) is 11.8. The molecular weight excluding hydrogens is 346 g/mol. The number of hydrogen-bond acceptors (Lipinski definition) is 3. The van der Waals surface area contributed by atoms with Gasteiger partial charge in [-0.2, -0.15) is 0 Å². The van der Waals surface area contributed by atoms with Crippen LogP contribution in [0.1, 0.15) is 37.5 Å². The summed E-state index contributed by atoms with van der Waals surface area (Å²) in [6.45, 7) is 8.59. The summed E-state index contributed by atoms with van der Waals surface area (Å²) in [4.78, 5) is 15.0. The molecule has 1 saturated heterocycles. The van der Waals surface area contributed by atoms with E-state index in [1.807, 2.05) is 37.3 Å². The van der Waals surface area contributed by atoms with Gasteiger partial charge in [0.15, 0.2) is 4.32 Å². The summed E-state index contributed by atoms with van der Waals surface area (Å²) in [5.74, 6) is -0.0567. The number of hydrogen-bond donors (Lipinski definition) is 0. The Morgan fingerprint density at radius 1 is 1.00 bits per heavy atom. The number of carbonyl (C=O) groups excluding carboxylic acids is 1. The fourth-order valence-corrected chi connectivity index (χ4v) is 3.91. The zero-order valence-electron chi connectivity index (χ0n) is 14.9. The van der Waals surface area contributed by atoms with Gasteiger partial charge < -0.3 is 0 Å². The van der Waals surface area contributed by atoms with Crippen molar-refractivity contribution in [3.8, 4) is 0 Å². The molecule has 1 amide bonds. The van der Waals surface area contributed by atoms with Gasteiger partial charge in [0, 0.05) is 0 Å². The predicted molar refractivity (Wildman–Crippen MR) is 112 cm³/mol. The third-order valence-corrected chi connectivity index (χ3v) is 5.46. The van der Waals surface area contributed by atoms with E-state index in [-0.39, 0.29) is 11.3 Å². The highest BCUT2D eigenvalue weighted by Crippen LogP contribution is 2.36. The van der Waals surface area contributed by atoms with E-state index in [1.165, 1.54) is 17.3 Å². The summed E-state index contributed by atoms with van der Waals surface area (Å²) >= 11 is 6.78. The van der Waals surface area contributed by atoms with Gasteiger partial charge in [-0.05, 0) is 41.7 Å². The smallest absolute Gasteiger partial charge is 0.268 e. The molecule has 0 saturated carbocycles. The number of rotatable bonds is 2. The molecule has 2 aromatic rings. The Balaban J connectivity index is 1.86. The summed E-state index contributed by atoms with van der Waals surface area (Å²) in [5.41, 5.74) is 4.38. The summed E-state index contributed by atoms with van der Waals surface area (Å²) in [7, 11) is 0. The zero-order valence-corrected chi connectivity index (χ0v) is 16.5. The van der Waals surface area contributed by atoms with Crippen molar-refractivity contribution in [3.05, 3.63) is 70.1 Å². The molecule has 0 aromatic heterocycles. The van der Waals surface area contributed by atoms with Crippen molar-refractivity contribution in [1.82, 2.24) is 0 Å². The fraction of sp³-hybridized carbons (Fsp3) is 0.238. The van der Waals surface area contributed by atoms with Gasteiger partial charge in [-0.1, -0.05) is 86.7 Å². The minimum atomic E-state index is -0.0567. The molecule has 1 aliphatic rings. The van der Waals surface area contributed by atoms with Crippen LogP contribution < -0.4 is 4.90 Å². The number of aryl methyl sites for hydroxylation is 1. The van der Waals surface area contributed by atoms with E-state index in [2.05, 4.69) is 45.0 Å². The normalized spacial score (nSPS) is 16.8. The Bertz CT molecular complexity index is 843. The Morgan fingerprint density at radius 2 is 1.60 bits per heavy atom.